The summed E-state index contributed by atoms with van der Waals surface area (Å²) in [6.45, 7) is 0. The minimum Gasteiger partial charge on any atom is -0.397 e. The van der Waals surface area contributed by atoms with Crippen molar-refractivity contribution in [3.05, 3.63) is 90.9 Å². The van der Waals surface area contributed by atoms with Crippen LogP contribution in [-0.2, 0) is 21.9 Å². The molecule has 9 heteroatoms. The summed E-state index contributed by atoms with van der Waals surface area (Å²) in [5.41, 5.74) is 8.94. The van der Waals surface area contributed by atoms with Crippen molar-refractivity contribution in [2.24, 2.45) is 7.05 Å². The normalized spacial score (nSPS) is 11.7. The Balaban J connectivity index is 1.48. The zero-order valence-electron chi connectivity index (χ0n) is 17.2. The Kier molecular flexibility index (Phi) is 5.65. The molecule has 1 amide bonds. The summed E-state index contributed by atoms with van der Waals surface area (Å²) in [7, 11) is -1.94. The number of nitrogens with two attached hydrogens (primary N) is 1. The largest absolute Gasteiger partial charge is 0.397 e. The minimum absolute atomic E-state index is 0.153. The van der Waals surface area contributed by atoms with E-state index in [0.29, 0.717) is 16.9 Å². The summed E-state index contributed by atoms with van der Waals surface area (Å²) in [5, 5.41) is 7.00. The van der Waals surface area contributed by atoms with Crippen molar-refractivity contribution in [3.8, 4) is 11.3 Å². The quantitative estimate of drug-likeness (QED) is 0.348. The van der Waals surface area contributed by atoms with Gasteiger partial charge < -0.3 is 11.1 Å². The number of hydrogen-bond donors (Lipinski definition) is 2. The second-order valence-corrected chi connectivity index (χ2v) is 8.93. The molecule has 0 spiro atoms. The van der Waals surface area contributed by atoms with Crippen LogP contribution in [0.3, 0.4) is 0 Å². The fourth-order valence-corrected chi connectivity index (χ4v) is 4.29. The van der Waals surface area contributed by atoms with Crippen LogP contribution in [0, 0.1) is 0 Å². The molecule has 0 saturated heterocycles. The number of para-hydroxylation sites is 2. The van der Waals surface area contributed by atoms with E-state index in [0.717, 1.165) is 15.2 Å². The average Bonchev–Trinajstić information content (AvgIpc) is 3.44. The second kappa shape index (κ2) is 8.56. The lowest BCUT2D eigenvalue weighted by Gasteiger charge is -2.06. The summed E-state index contributed by atoms with van der Waals surface area (Å²) in [6, 6.07) is 16.9. The molecule has 2 aromatic carbocycles. The predicted molar refractivity (Wildman–Crippen MR) is 124 cm³/mol. The summed E-state index contributed by atoms with van der Waals surface area (Å²) < 4.78 is 28.7. The van der Waals surface area contributed by atoms with Gasteiger partial charge in [0, 0.05) is 37.3 Å². The monoisotopic (exact) mass is 447 g/mol. The lowest BCUT2D eigenvalue weighted by atomic mass is 10.2. The number of nitrogens with zero attached hydrogens (tertiary/aromatic N) is 3. The van der Waals surface area contributed by atoms with Crippen molar-refractivity contribution in [3.63, 3.8) is 0 Å². The van der Waals surface area contributed by atoms with Crippen LogP contribution < -0.4 is 11.1 Å². The Bertz CT molecular complexity index is 1400. The maximum Gasteiger partial charge on any atom is 0.267 e. The zero-order valence-corrected chi connectivity index (χ0v) is 18.0. The Hall–Kier alpha value is -4.11. The van der Waals surface area contributed by atoms with Gasteiger partial charge >= 0.3 is 0 Å². The van der Waals surface area contributed by atoms with Gasteiger partial charge in [0.25, 0.3) is 10.0 Å². The van der Waals surface area contributed by atoms with Crippen LogP contribution in [0.1, 0.15) is 5.56 Å². The molecule has 0 unspecified atom stereocenters. The number of hydrogen-bond acceptors (Lipinski definition) is 5. The van der Waals surface area contributed by atoms with Crippen LogP contribution in [0.2, 0.25) is 0 Å². The van der Waals surface area contributed by atoms with Crippen molar-refractivity contribution in [2.75, 3.05) is 11.1 Å². The van der Waals surface area contributed by atoms with E-state index in [9.17, 15) is 13.2 Å². The lowest BCUT2D eigenvalue weighted by Crippen LogP contribution is -2.10. The van der Waals surface area contributed by atoms with Gasteiger partial charge in [-0.2, -0.15) is 5.10 Å². The van der Waals surface area contributed by atoms with Crippen LogP contribution in [0.25, 0.3) is 17.3 Å². The SMILES string of the molecule is Cn1ccc(-c2ccc(S(=O)(=O)n3ccc(/C=C/C(=O)Nc4ccccc4N)c3)cc2)n1. The van der Waals surface area contributed by atoms with Crippen LogP contribution in [0.5, 0.6) is 0 Å². The molecule has 0 radical (unpaired) electrons. The predicted octanol–water partition coefficient (Wildman–Crippen LogP) is 3.36. The van der Waals surface area contributed by atoms with Crippen molar-refractivity contribution in [2.45, 2.75) is 4.90 Å². The van der Waals surface area contributed by atoms with Gasteiger partial charge in [0.1, 0.15) is 0 Å². The fraction of sp³-hybridized carbons (Fsp3) is 0.0435. The van der Waals surface area contributed by atoms with Gasteiger partial charge in [0.15, 0.2) is 0 Å². The summed E-state index contributed by atoms with van der Waals surface area (Å²) in [5.74, 6) is -0.372. The molecule has 3 N–H and O–H groups in total. The molecule has 8 nitrogen and oxygen atoms in total. The Morgan fingerprint density at radius 2 is 1.78 bits per heavy atom. The van der Waals surface area contributed by atoms with E-state index in [-0.39, 0.29) is 10.8 Å². The van der Waals surface area contributed by atoms with E-state index in [1.807, 2.05) is 19.3 Å². The zero-order chi connectivity index (χ0) is 22.7. The van der Waals surface area contributed by atoms with Crippen molar-refractivity contribution in [1.82, 2.24) is 13.8 Å². The third kappa shape index (κ3) is 4.47. The molecule has 0 bridgehead atoms. The van der Waals surface area contributed by atoms with Gasteiger partial charge in [-0.25, -0.2) is 12.4 Å². The molecule has 162 valence electrons. The maximum atomic E-state index is 12.9. The Morgan fingerprint density at radius 1 is 1.03 bits per heavy atom. The number of amides is 1. The van der Waals surface area contributed by atoms with Gasteiger partial charge in [-0.1, -0.05) is 24.3 Å². The van der Waals surface area contributed by atoms with Crippen LogP contribution in [-0.4, -0.2) is 28.1 Å². The molecule has 2 heterocycles. The number of nitrogens with one attached hydrogen (secondary N) is 1. The number of rotatable bonds is 6. The highest BCUT2D eigenvalue weighted by atomic mass is 32.2. The van der Waals surface area contributed by atoms with E-state index in [1.54, 1.807) is 59.3 Å². The lowest BCUT2D eigenvalue weighted by molar-refractivity contribution is -0.111. The first kappa shape index (κ1) is 21.1. The van der Waals surface area contributed by atoms with Gasteiger partial charge in [0.2, 0.25) is 5.91 Å². The molecule has 0 aliphatic rings. The summed E-state index contributed by atoms with van der Waals surface area (Å²) in [6.07, 6.45) is 7.56. The molecule has 0 aliphatic carbocycles. The van der Waals surface area contributed by atoms with Crippen LogP contribution in [0.4, 0.5) is 11.4 Å². The van der Waals surface area contributed by atoms with Gasteiger partial charge in [-0.05, 0) is 48.0 Å². The molecule has 0 saturated carbocycles. The Labute approximate surface area is 185 Å². The van der Waals surface area contributed by atoms with E-state index < -0.39 is 10.0 Å². The first-order chi connectivity index (χ1) is 15.3. The first-order valence-corrected chi connectivity index (χ1v) is 11.1. The molecule has 0 fully saturated rings. The molecular weight excluding hydrogens is 426 g/mol. The third-order valence-corrected chi connectivity index (χ3v) is 6.43. The molecular formula is C23H21N5O3S. The van der Waals surface area contributed by atoms with Gasteiger partial charge in [0.05, 0.1) is 22.0 Å². The average molecular weight is 448 g/mol. The fourth-order valence-electron chi connectivity index (χ4n) is 3.09. The molecule has 0 atom stereocenters. The molecule has 32 heavy (non-hydrogen) atoms. The smallest absolute Gasteiger partial charge is 0.267 e. The summed E-state index contributed by atoms with van der Waals surface area (Å²) in [4.78, 5) is 12.3. The number of carbonyl (C=O) groups is 1. The highest BCUT2D eigenvalue weighted by Gasteiger charge is 2.17. The van der Waals surface area contributed by atoms with Gasteiger partial charge in [-0.3, -0.25) is 9.48 Å². The van der Waals surface area contributed by atoms with E-state index >= 15 is 0 Å². The van der Waals surface area contributed by atoms with Crippen LogP contribution in [0.15, 0.2) is 90.2 Å². The number of nitrogen functional groups attached to an aromatic ring is 1. The maximum absolute atomic E-state index is 12.9. The molecule has 0 aliphatic heterocycles. The topological polar surface area (TPSA) is 112 Å². The van der Waals surface area contributed by atoms with E-state index in [4.69, 9.17) is 5.73 Å². The number of aryl methyl sites for hydroxylation is 1. The minimum atomic E-state index is -3.76. The van der Waals surface area contributed by atoms with E-state index in [1.165, 1.54) is 24.5 Å². The number of anilines is 2. The highest BCUT2D eigenvalue weighted by molar-refractivity contribution is 7.90. The van der Waals surface area contributed by atoms with Crippen molar-refractivity contribution < 1.29 is 13.2 Å². The number of carbonyl (C=O) groups excluding carboxylic acids is 1. The van der Waals surface area contributed by atoms with E-state index in [2.05, 4.69) is 10.4 Å². The van der Waals surface area contributed by atoms with Crippen LogP contribution >= 0.6 is 0 Å². The second-order valence-electron chi connectivity index (χ2n) is 7.09. The van der Waals surface area contributed by atoms with Crippen molar-refractivity contribution in [1.29, 1.82) is 0 Å². The molecule has 4 aromatic rings. The Morgan fingerprint density at radius 3 is 2.47 bits per heavy atom. The standard InChI is InChI=1S/C23H21N5O3S/c1-27-14-13-21(26-27)18-7-9-19(10-8-18)32(30,31)28-15-12-17(16-28)6-11-23(29)25-22-5-3-2-4-20(22)24/h2-16H,24H2,1H3,(H,25,29)/b11-6+. The number of benzene rings is 2. The van der Waals surface area contributed by atoms with Gasteiger partial charge in [-0.15, -0.1) is 0 Å². The summed E-state index contributed by atoms with van der Waals surface area (Å²) >= 11 is 0. The van der Waals surface area contributed by atoms with Crippen molar-refractivity contribution >= 4 is 33.4 Å². The third-order valence-electron chi connectivity index (χ3n) is 4.78. The molecule has 4 rings (SSSR count). The molecule has 2 aromatic heterocycles. The highest BCUT2D eigenvalue weighted by Crippen LogP contribution is 2.22. The number of aromatic nitrogens is 3. The first-order valence-electron chi connectivity index (χ1n) is 9.70.